The van der Waals surface area contributed by atoms with Gasteiger partial charge in [0.25, 0.3) is 0 Å². The van der Waals surface area contributed by atoms with E-state index in [-0.39, 0.29) is 30.1 Å². The van der Waals surface area contributed by atoms with Gasteiger partial charge in [0.05, 0.1) is 5.41 Å². The number of rotatable bonds is 3. The number of benzene rings is 1. The van der Waals surface area contributed by atoms with Crippen LogP contribution in [0.2, 0.25) is 0 Å². The Bertz CT molecular complexity index is 603. The minimum atomic E-state index is -0.852. The lowest BCUT2D eigenvalue weighted by Crippen LogP contribution is -2.35. The van der Waals surface area contributed by atoms with Crippen LogP contribution in [-0.4, -0.2) is 35.0 Å². The summed E-state index contributed by atoms with van der Waals surface area (Å²) in [6.45, 7) is 2.45. The van der Waals surface area contributed by atoms with Crippen molar-refractivity contribution in [1.29, 1.82) is 0 Å². The molecule has 1 saturated heterocycles. The van der Waals surface area contributed by atoms with Crippen molar-refractivity contribution < 1.29 is 19.1 Å². The van der Waals surface area contributed by atoms with Gasteiger partial charge in [-0.25, -0.2) is 4.39 Å². The first-order valence-electron chi connectivity index (χ1n) is 7.18. The van der Waals surface area contributed by atoms with E-state index < -0.39 is 11.4 Å². The monoisotopic (exact) mass is 291 g/mol. The molecule has 2 fully saturated rings. The van der Waals surface area contributed by atoms with Crippen LogP contribution in [0.1, 0.15) is 31.2 Å². The van der Waals surface area contributed by atoms with Crippen LogP contribution in [-0.2, 0) is 9.59 Å². The van der Waals surface area contributed by atoms with E-state index in [0.29, 0.717) is 13.0 Å². The number of carboxylic acid groups (broad SMARTS) is 1. The first-order chi connectivity index (χ1) is 9.90. The molecule has 3 rings (SSSR count). The van der Waals surface area contributed by atoms with Gasteiger partial charge in [0, 0.05) is 19.0 Å². The standard InChI is InChI=1S/C16H18FNO3/c1-16(15(20)21)5-6-18(9-16)14(19)13-8-12(13)10-3-2-4-11(17)7-10/h2-4,7,12-13H,5-6,8-9H2,1H3,(H,20,21)/t12-,13+,16-/m0/s1. The van der Waals surface area contributed by atoms with Gasteiger partial charge < -0.3 is 10.0 Å². The van der Waals surface area contributed by atoms with Crippen LogP contribution in [0.4, 0.5) is 4.39 Å². The molecule has 0 bridgehead atoms. The number of nitrogens with zero attached hydrogens (tertiary/aromatic N) is 1. The van der Waals surface area contributed by atoms with Gasteiger partial charge in [-0.3, -0.25) is 9.59 Å². The summed E-state index contributed by atoms with van der Waals surface area (Å²) in [4.78, 5) is 25.3. The molecule has 0 spiro atoms. The van der Waals surface area contributed by atoms with Crippen molar-refractivity contribution in [3.05, 3.63) is 35.6 Å². The van der Waals surface area contributed by atoms with E-state index in [1.165, 1.54) is 12.1 Å². The number of likely N-dealkylation sites (tertiary alicyclic amines) is 1. The molecule has 5 heteroatoms. The van der Waals surface area contributed by atoms with Crippen LogP contribution in [0.3, 0.4) is 0 Å². The molecule has 1 aliphatic heterocycles. The maximum atomic E-state index is 13.2. The predicted octanol–water partition coefficient (Wildman–Crippen LogP) is 2.25. The van der Waals surface area contributed by atoms with E-state index >= 15 is 0 Å². The zero-order valence-corrected chi connectivity index (χ0v) is 11.9. The van der Waals surface area contributed by atoms with Gasteiger partial charge in [-0.1, -0.05) is 12.1 Å². The third-order valence-electron chi connectivity index (χ3n) is 4.69. The molecule has 0 aromatic heterocycles. The van der Waals surface area contributed by atoms with E-state index in [1.807, 2.05) is 6.07 Å². The number of carbonyl (C=O) groups excluding carboxylic acids is 1. The van der Waals surface area contributed by atoms with Crippen molar-refractivity contribution in [2.75, 3.05) is 13.1 Å². The minimum Gasteiger partial charge on any atom is -0.481 e. The summed E-state index contributed by atoms with van der Waals surface area (Å²) in [6.07, 6.45) is 1.22. The SMILES string of the molecule is C[C@]1(C(=O)O)CCN(C(=O)[C@@H]2C[C@H]2c2cccc(F)c2)C1. The molecule has 1 saturated carbocycles. The number of amides is 1. The van der Waals surface area contributed by atoms with Crippen LogP contribution in [0.15, 0.2) is 24.3 Å². The highest BCUT2D eigenvalue weighted by Gasteiger charge is 2.49. The van der Waals surface area contributed by atoms with E-state index in [0.717, 1.165) is 12.0 Å². The molecule has 1 aromatic carbocycles. The lowest BCUT2D eigenvalue weighted by molar-refractivity contribution is -0.147. The van der Waals surface area contributed by atoms with Gasteiger partial charge in [-0.15, -0.1) is 0 Å². The Morgan fingerprint density at radius 3 is 2.81 bits per heavy atom. The third-order valence-corrected chi connectivity index (χ3v) is 4.69. The van der Waals surface area contributed by atoms with Crippen molar-refractivity contribution in [2.24, 2.45) is 11.3 Å². The van der Waals surface area contributed by atoms with Crippen molar-refractivity contribution in [1.82, 2.24) is 4.90 Å². The second-order valence-corrected chi connectivity index (χ2v) is 6.38. The molecule has 1 heterocycles. The molecule has 0 unspecified atom stereocenters. The average Bonchev–Trinajstić information content (AvgIpc) is 3.14. The highest BCUT2D eigenvalue weighted by molar-refractivity contribution is 5.85. The van der Waals surface area contributed by atoms with Gasteiger partial charge in [-0.2, -0.15) is 0 Å². The molecule has 2 aliphatic rings. The van der Waals surface area contributed by atoms with Crippen molar-refractivity contribution in [3.8, 4) is 0 Å². The molecular weight excluding hydrogens is 273 g/mol. The van der Waals surface area contributed by atoms with Crippen LogP contribution >= 0.6 is 0 Å². The second-order valence-electron chi connectivity index (χ2n) is 6.38. The molecule has 0 radical (unpaired) electrons. The summed E-state index contributed by atoms with van der Waals surface area (Å²) in [5.41, 5.74) is 0.0207. The van der Waals surface area contributed by atoms with Crippen molar-refractivity contribution >= 4 is 11.9 Å². The lowest BCUT2D eigenvalue weighted by atomic mass is 9.90. The van der Waals surface area contributed by atoms with Crippen molar-refractivity contribution in [2.45, 2.75) is 25.7 Å². The molecular formula is C16H18FNO3. The molecule has 4 nitrogen and oxygen atoms in total. The number of hydrogen-bond donors (Lipinski definition) is 1. The largest absolute Gasteiger partial charge is 0.481 e. The van der Waals surface area contributed by atoms with Crippen LogP contribution in [0.5, 0.6) is 0 Å². The van der Waals surface area contributed by atoms with E-state index in [2.05, 4.69) is 0 Å². The summed E-state index contributed by atoms with van der Waals surface area (Å²) in [6, 6.07) is 6.36. The number of carboxylic acids is 1. The van der Waals surface area contributed by atoms with Gasteiger partial charge in [0.2, 0.25) is 5.91 Å². The molecule has 21 heavy (non-hydrogen) atoms. The molecule has 1 amide bonds. The Balaban J connectivity index is 1.65. The number of aliphatic carboxylic acids is 1. The Morgan fingerprint density at radius 1 is 1.43 bits per heavy atom. The van der Waals surface area contributed by atoms with Gasteiger partial charge in [-0.05, 0) is 43.4 Å². The summed E-state index contributed by atoms with van der Waals surface area (Å²) >= 11 is 0. The van der Waals surface area contributed by atoms with Crippen LogP contribution < -0.4 is 0 Å². The minimum absolute atomic E-state index is 0.00855. The van der Waals surface area contributed by atoms with Crippen LogP contribution in [0, 0.1) is 17.2 Å². The Hall–Kier alpha value is -1.91. The maximum Gasteiger partial charge on any atom is 0.311 e. The zero-order valence-electron chi connectivity index (χ0n) is 11.9. The summed E-state index contributed by atoms with van der Waals surface area (Å²) in [7, 11) is 0. The first-order valence-corrected chi connectivity index (χ1v) is 7.18. The molecule has 1 aromatic rings. The highest BCUT2D eigenvalue weighted by Crippen LogP contribution is 2.49. The molecule has 112 valence electrons. The fraction of sp³-hybridized carbons (Fsp3) is 0.500. The van der Waals surface area contributed by atoms with E-state index in [9.17, 15) is 19.1 Å². The summed E-state index contributed by atoms with van der Waals surface area (Å²) in [5.74, 6) is -1.18. The van der Waals surface area contributed by atoms with E-state index in [4.69, 9.17) is 0 Å². The predicted molar refractivity (Wildman–Crippen MR) is 74.2 cm³/mol. The topological polar surface area (TPSA) is 57.6 Å². The number of carbonyl (C=O) groups is 2. The summed E-state index contributed by atoms with van der Waals surface area (Å²) < 4.78 is 13.2. The fourth-order valence-electron chi connectivity index (χ4n) is 3.13. The zero-order chi connectivity index (χ0) is 15.2. The highest BCUT2D eigenvalue weighted by atomic mass is 19.1. The third kappa shape index (κ3) is 2.52. The van der Waals surface area contributed by atoms with Crippen LogP contribution in [0.25, 0.3) is 0 Å². The molecule has 1 N–H and O–H groups in total. The lowest BCUT2D eigenvalue weighted by Gasteiger charge is -2.20. The average molecular weight is 291 g/mol. The number of hydrogen-bond acceptors (Lipinski definition) is 2. The van der Waals surface area contributed by atoms with Gasteiger partial charge >= 0.3 is 5.97 Å². The Labute approximate surface area is 122 Å². The number of halogens is 1. The Morgan fingerprint density at radius 2 is 2.19 bits per heavy atom. The fourth-order valence-corrected chi connectivity index (χ4v) is 3.13. The Kier molecular flexibility index (Phi) is 3.23. The normalized spacial score (nSPS) is 31.2. The maximum absolute atomic E-state index is 13.2. The second kappa shape index (κ2) is 4.83. The van der Waals surface area contributed by atoms with Crippen molar-refractivity contribution in [3.63, 3.8) is 0 Å². The smallest absolute Gasteiger partial charge is 0.311 e. The van der Waals surface area contributed by atoms with E-state index in [1.54, 1.807) is 17.9 Å². The summed E-state index contributed by atoms with van der Waals surface area (Å²) in [5, 5.41) is 9.21. The molecule has 3 atom stereocenters. The van der Waals surface area contributed by atoms with Gasteiger partial charge in [0.15, 0.2) is 0 Å². The first kappa shape index (κ1) is 14.0. The van der Waals surface area contributed by atoms with Gasteiger partial charge in [0.1, 0.15) is 5.82 Å². The quantitative estimate of drug-likeness (QED) is 0.929. The molecule has 1 aliphatic carbocycles.